The van der Waals surface area contributed by atoms with Crippen LogP contribution in [0.4, 0.5) is 34.1 Å². The first-order chi connectivity index (χ1) is 47.6. The van der Waals surface area contributed by atoms with Crippen molar-refractivity contribution in [3.05, 3.63) is 293 Å². The summed E-state index contributed by atoms with van der Waals surface area (Å²) in [5.41, 5.74) is 25.9. The van der Waals surface area contributed by atoms with Crippen LogP contribution in [-0.4, -0.2) is 4.57 Å². The number of nitrogens with zero attached hydrogens (tertiary/aromatic N) is 3. The highest BCUT2D eigenvalue weighted by Crippen LogP contribution is 2.66. The first-order valence-corrected chi connectivity index (χ1v) is 35.5. The number of fused-ring (bicyclic) bond motifs is 22. The molecule has 0 saturated heterocycles. The minimum atomic E-state index is -0.876. The first kappa shape index (κ1) is 55.8. The van der Waals surface area contributed by atoms with Crippen molar-refractivity contribution >= 4 is 121 Å². The maximum Gasteiger partial charge on any atom is 0.159 e. The fraction of sp³-hybridized carbons (Fsp3) is 0.187. The second-order valence-corrected chi connectivity index (χ2v) is 27.9. The Labute approximate surface area is 559 Å². The number of hydrogen-bond acceptors (Lipinski definition) is 4. The van der Waals surface area contributed by atoms with Gasteiger partial charge in [-0.2, -0.15) is 0 Å². The van der Waals surface area contributed by atoms with Crippen molar-refractivity contribution in [1.82, 2.24) is 4.57 Å². The Balaban J connectivity index is 0.924. The zero-order valence-corrected chi connectivity index (χ0v) is 54.5. The van der Waals surface area contributed by atoms with Gasteiger partial charge in [0.1, 0.15) is 11.2 Å². The molecule has 4 aliphatic rings. The third-order valence-electron chi connectivity index (χ3n) is 23.1. The van der Waals surface area contributed by atoms with Crippen LogP contribution in [-0.2, 0) is 18.3 Å². The molecule has 1 aliphatic heterocycles. The number of anilines is 6. The Morgan fingerprint density at radius 1 is 0.344 bits per heavy atom. The number of hydrogen-bond donors (Lipinski definition) is 0. The summed E-state index contributed by atoms with van der Waals surface area (Å²) in [5, 5.41) is 11.9. The van der Waals surface area contributed by atoms with Gasteiger partial charge in [0.05, 0.1) is 44.9 Å². The number of aromatic nitrogens is 1. The fourth-order valence-corrected chi connectivity index (χ4v) is 18.7. The molecular weight excluding hydrogens is 1170 g/mol. The molecule has 3 aromatic heterocycles. The van der Waals surface area contributed by atoms with Crippen LogP contribution in [0.3, 0.4) is 0 Å². The van der Waals surface area contributed by atoms with E-state index in [1.807, 2.05) is 0 Å². The minimum Gasteiger partial charge on any atom is -0.454 e. The molecule has 20 rings (SSSR count). The molecule has 5 heteroatoms. The lowest BCUT2D eigenvalue weighted by atomic mass is 9.65. The van der Waals surface area contributed by atoms with Crippen molar-refractivity contribution in [2.45, 2.75) is 108 Å². The van der Waals surface area contributed by atoms with Crippen molar-refractivity contribution in [2.24, 2.45) is 0 Å². The van der Waals surface area contributed by atoms with E-state index in [2.05, 4.69) is 277 Å². The van der Waals surface area contributed by atoms with Gasteiger partial charge in [0.25, 0.3) is 0 Å². The molecule has 0 amide bonds. The molecule has 2 fully saturated rings. The highest BCUT2D eigenvalue weighted by atomic mass is 16.3. The predicted octanol–water partition coefficient (Wildman–Crippen LogP) is 25.7. The van der Waals surface area contributed by atoms with E-state index >= 15 is 0 Å². The molecule has 0 unspecified atom stereocenters. The van der Waals surface area contributed by atoms with Crippen molar-refractivity contribution < 1.29 is 8.83 Å². The van der Waals surface area contributed by atoms with Crippen LogP contribution in [0.1, 0.15) is 134 Å². The lowest BCUT2D eigenvalue weighted by molar-refractivity contribution is 0.442. The standard InChI is InChI=1S/C91H73N3O2/c1-3-56-46-50-60(51-47-56)92(80-44-22-38-72-70-36-19-33-62(87(70)95-89(72)80)58-24-7-5-8-25-58)82-54-76-84(67-31-13-11-28-64(67)82)85-68-32-14-12-29-65(68)83(55-77(85)91(76)74-40-16-18-43-79(74)94-78-42-17-15-30-66(78)69-35-21-41-75(91)86(69)94)93(61-52-48-57(4-2)49-53-61)81-45-23-39-73-71-37-20-34-63(88(71)96-90(73)81)59-26-9-6-10-27-59/h11-23,28-55,58-59H,3-10,24-27H2,1-2H3. The summed E-state index contributed by atoms with van der Waals surface area (Å²) in [7, 11) is 0. The van der Waals surface area contributed by atoms with Crippen molar-refractivity contribution in [3.63, 3.8) is 0 Å². The zero-order chi connectivity index (χ0) is 63.3. The summed E-state index contributed by atoms with van der Waals surface area (Å²) in [4.78, 5) is 5.10. The van der Waals surface area contributed by atoms with Crippen molar-refractivity contribution in [3.8, 4) is 16.8 Å². The summed E-state index contributed by atoms with van der Waals surface area (Å²) in [5.74, 6) is 0.958. The van der Waals surface area contributed by atoms with Gasteiger partial charge in [-0.05, 0) is 177 Å². The van der Waals surface area contributed by atoms with Crippen LogP contribution in [0.2, 0.25) is 0 Å². The Morgan fingerprint density at radius 3 is 1.26 bits per heavy atom. The average molecular weight is 1240 g/mol. The van der Waals surface area contributed by atoms with Gasteiger partial charge in [0, 0.05) is 54.5 Å². The normalized spacial score (nSPS) is 15.3. The Bertz CT molecular complexity index is 5570. The maximum absolute atomic E-state index is 7.55. The largest absolute Gasteiger partial charge is 0.454 e. The third-order valence-corrected chi connectivity index (χ3v) is 23.1. The van der Waals surface area contributed by atoms with E-state index < -0.39 is 5.41 Å². The predicted molar refractivity (Wildman–Crippen MR) is 401 cm³/mol. The summed E-state index contributed by atoms with van der Waals surface area (Å²) in [6.07, 6.45) is 14.3. The van der Waals surface area contributed by atoms with Crippen LogP contribution < -0.4 is 9.80 Å². The van der Waals surface area contributed by atoms with Crippen LogP contribution >= 0.6 is 0 Å². The molecule has 96 heavy (non-hydrogen) atoms. The zero-order valence-electron chi connectivity index (χ0n) is 54.5. The molecule has 0 bridgehead atoms. The number of furan rings is 2. The van der Waals surface area contributed by atoms with Gasteiger partial charge in [-0.1, -0.05) is 240 Å². The minimum absolute atomic E-state index is 0.479. The van der Waals surface area contributed by atoms with E-state index in [9.17, 15) is 0 Å². The molecule has 464 valence electrons. The van der Waals surface area contributed by atoms with E-state index in [0.717, 1.165) is 80.1 Å². The van der Waals surface area contributed by atoms with Gasteiger partial charge >= 0.3 is 0 Å². The molecule has 2 saturated carbocycles. The molecule has 5 nitrogen and oxygen atoms in total. The smallest absolute Gasteiger partial charge is 0.159 e. The Kier molecular flexibility index (Phi) is 12.6. The summed E-state index contributed by atoms with van der Waals surface area (Å²) in [6.45, 7) is 4.50. The van der Waals surface area contributed by atoms with Gasteiger partial charge in [-0.15, -0.1) is 0 Å². The Hall–Kier alpha value is -10.6. The van der Waals surface area contributed by atoms with Crippen LogP contribution in [0.25, 0.3) is 104 Å². The van der Waals surface area contributed by atoms with E-state index in [1.165, 1.54) is 180 Å². The van der Waals surface area contributed by atoms with Crippen LogP contribution in [0.15, 0.2) is 258 Å². The van der Waals surface area contributed by atoms with Gasteiger partial charge in [-0.3, -0.25) is 0 Å². The SMILES string of the molecule is CCc1ccc(N(c2cc3c(c4ccccc24)-c2c(cc(N(c4ccc(CC)cc4)c4cccc5c4oc4c(C6CCCCC6)cccc45)c4ccccc24)C32c3ccccc3-n3c4ccccc4c4cccc2c43)c2cccc3c2oc2c(C4CCCCC4)cccc23)cc1. The van der Waals surface area contributed by atoms with Crippen LogP contribution in [0.5, 0.6) is 0 Å². The maximum atomic E-state index is 7.55. The van der Waals surface area contributed by atoms with E-state index in [4.69, 9.17) is 8.83 Å². The molecule has 0 N–H and O–H groups in total. The van der Waals surface area contributed by atoms with Crippen molar-refractivity contribution in [1.29, 1.82) is 0 Å². The monoisotopic (exact) mass is 1240 g/mol. The number of para-hydroxylation sites is 7. The van der Waals surface area contributed by atoms with E-state index in [-0.39, 0.29) is 0 Å². The molecule has 13 aromatic carbocycles. The second-order valence-electron chi connectivity index (χ2n) is 27.9. The highest BCUT2D eigenvalue weighted by molar-refractivity contribution is 6.22. The summed E-state index contributed by atoms with van der Waals surface area (Å²) >= 11 is 0. The molecule has 4 heterocycles. The van der Waals surface area contributed by atoms with E-state index in [1.54, 1.807) is 0 Å². The van der Waals surface area contributed by atoms with E-state index in [0.29, 0.717) is 11.8 Å². The summed E-state index contributed by atoms with van der Waals surface area (Å²) < 4.78 is 17.7. The topological polar surface area (TPSA) is 37.7 Å². The number of aryl methyl sites for hydroxylation is 2. The fourth-order valence-electron chi connectivity index (χ4n) is 18.7. The average Bonchev–Trinajstić information content (AvgIpc) is 1.47. The molecular formula is C91H73N3O2. The number of rotatable bonds is 10. The molecule has 16 aromatic rings. The van der Waals surface area contributed by atoms with Gasteiger partial charge in [-0.25, -0.2) is 0 Å². The van der Waals surface area contributed by atoms with Crippen LogP contribution in [0, 0.1) is 0 Å². The first-order valence-electron chi connectivity index (χ1n) is 35.5. The number of benzene rings is 13. The third kappa shape index (κ3) is 7.91. The second kappa shape index (κ2) is 21.7. The highest BCUT2D eigenvalue weighted by Gasteiger charge is 2.53. The molecule has 0 radical (unpaired) electrons. The van der Waals surface area contributed by atoms with Gasteiger partial charge < -0.3 is 23.2 Å². The molecule has 3 aliphatic carbocycles. The van der Waals surface area contributed by atoms with Crippen molar-refractivity contribution in [2.75, 3.05) is 9.80 Å². The van der Waals surface area contributed by atoms with Gasteiger partial charge in [0.15, 0.2) is 11.2 Å². The summed E-state index contributed by atoms with van der Waals surface area (Å²) in [6, 6.07) is 95.6. The Morgan fingerprint density at radius 2 is 0.750 bits per heavy atom. The molecule has 0 atom stereocenters. The molecule has 1 spiro atoms. The lowest BCUT2D eigenvalue weighted by Crippen LogP contribution is -2.34. The quantitative estimate of drug-likeness (QED) is 0.137. The van der Waals surface area contributed by atoms with Gasteiger partial charge in [0.2, 0.25) is 0 Å². The lowest BCUT2D eigenvalue weighted by Gasteiger charge is -2.40.